The molecule has 0 radical (unpaired) electrons. The molecule has 6 nitrogen and oxygen atoms in total. The molecule has 0 unspecified atom stereocenters. The Labute approximate surface area is 138 Å². The number of aromatic hydroxyl groups is 1. The smallest absolute Gasteiger partial charge is 0.302 e. The zero-order valence-electron chi connectivity index (χ0n) is 13.4. The summed E-state index contributed by atoms with van der Waals surface area (Å²) in [5.74, 6) is -0.0441. The van der Waals surface area contributed by atoms with E-state index < -0.39 is 5.91 Å². The van der Waals surface area contributed by atoms with Crippen LogP contribution >= 0.6 is 0 Å². The second-order valence-electron chi connectivity index (χ2n) is 5.50. The molecule has 1 heterocycles. The molecule has 1 aromatic heterocycles. The summed E-state index contributed by atoms with van der Waals surface area (Å²) in [7, 11) is 0. The highest BCUT2D eigenvalue weighted by molar-refractivity contribution is 5.94. The van der Waals surface area contributed by atoms with Crippen molar-refractivity contribution in [3.8, 4) is 11.6 Å². The van der Waals surface area contributed by atoms with Crippen molar-refractivity contribution >= 4 is 22.5 Å². The first-order valence-corrected chi connectivity index (χ1v) is 7.49. The van der Waals surface area contributed by atoms with E-state index in [0.29, 0.717) is 11.1 Å². The standard InChI is InChI=1S/C18H17N3O3/c1-11-7-8-13(9-12(11)2)24-10-16(22)20-21-17-14-5-3-4-6-15(14)19-18(17)23/h3-9,19,23H,10H2,1-2H3. The number of aromatic nitrogens is 1. The van der Waals surface area contributed by atoms with Crippen molar-refractivity contribution in [3.05, 3.63) is 53.6 Å². The van der Waals surface area contributed by atoms with Gasteiger partial charge in [0.2, 0.25) is 5.88 Å². The van der Waals surface area contributed by atoms with Crippen LogP contribution in [0, 0.1) is 13.8 Å². The van der Waals surface area contributed by atoms with Gasteiger partial charge in [0.05, 0.1) is 5.52 Å². The van der Waals surface area contributed by atoms with Gasteiger partial charge in [0, 0.05) is 5.39 Å². The molecular formula is C18H17N3O3. The lowest BCUT2D eigenvalue weighted by atomic mass is 10.1. The van der Waals surface area contributed by atoms with E-state index in [9.17, 15) is 9.90 Å². The molecular weight excluding hydrogens is 306 g/mol. The fourth-order valence-corrected chi connectivity index (χ4v) is 2.30. The number of para-hydroxylation sites is 1. The minimum atomic E-state index is -0.530. The summed E-state index contributed by atoms with van der Waals surface area (Å²) in [6.07, 6.45) is 0. The zero-order valence-corrected chi connectivity index (χ0v) is 13.4. The fraction of sp³-hybridized carbons (Fsp3) is 0.167. The molecule has 6 heteroatoms. The van der Waals surface area contributed by atoms with Crippen molar-refractivity contribution < 1.29 is 14.6 Å². The summed E-state index contributed by atoms with van der Waals surface area (Å²) in [4.78, 5) is 14.6. The van der Waals surface area contributed by atoms with Crippen molar-refractivity contribution in [1.29, 1.82) is 0 Å². The molecule has 3 rings (SSSR count). The van der Waals surface area contributed by atoms with E-state index in [1.54, 1.807) is 18.2 Å². The third-order valence-corrected chi connectivity index (χ3v) is 3.76. The molecule has 3 aromatic rings. The first-order valence-electron chi connectivity index (χ1n) is 7.49. The molecule has 0 saturated carbocycles. The Bertz CT molecular complexity index is 928. The number of carbonyl (C=O) groups is 1. The molecule has 0 bridgehead atoms. The van der Waals surface area contributed by atoms with Crippen molar-refractivity contribution in [1.82, 2.24) is 4.98 Å². The normalized spacial score (nSPS) is 11.2. The van der Waals surface area contributed by atoms with Crippen LogP contribution in [-0.4, -0.2) is 22.6 Å². The van der Waals surface area contributed by atoms with Gasteiger partial charge in [-0.15, -0.1) is 10.2 Å². The van der Waals surface area contributed by atoms with Gasteiger partial charge in [-0.2, -0.15) is 0 Å². The molecule has 0 atom stereocenters. The minimum Gasteiger partial charge on any atom is -0.493 e. The van der Waals surface area contributed by atoms with Gasteiger partial charge in [0.15, 0.2) is 12.3 Å². The molecule has 0 aliphatic heterocycles. The topological polar surface area (TPSA) is 87.0 Å². The molecule has 2 N–H and O–H groups in total. The van der Waals surface area contributed by atoms with Gasteiger partial charge in [-0.25, -0.2) is 0 Å². The number of azo groups is 1. The largest absolute Gasteiger partial charge is 0.493 e. The highest BCUT2D eigenvalue weighted by atomic mass is 16.5. The van der Waals surface area contributed by atoms with Crippen LogP contribution in [0.2, 0.25) is 0 Å². The number of carbonyl (C=O) groups excluding carboxylic acids is 1. The third kappa shape index (κ3) is 3.27. The number of hydrogen-bond donors (Lipinski definition) is 2. The number of benzene rings is 2. The number of ether oxygens (including phenoxy) is 1. The van der Waals surface area contributed by atoms with Crippen LogP contribution in [-0.2, 0) is 4.79 Å². The first kappa shape index (κ1) is 15.7. The maximum atomic E-state index is 11.8. The van der Waals surface area contributed by atoms with E-state index in [2.05, 4.69) is 15.2 Å². The van der Waals surface area contributed by atoms with E-state index in [1.807, 2.05) is 38.1 Å². The average molecular weight is 323 g/mol. The van der Waals surface area contributed by atoms with E-state index in [4.69, 9.17) is 4.74 Å². The van der Waals surface area contributed by atoms with Crippen molar-refractivity contribution in [3.63, 3.8) is 0 Å². The minimum absolute atomic E-state index is 0.122. The van der Waals surface area contributed by atoms with Crippen molar-refractivity contribution in [2.24, 2.45) is 10.2 Å². The van der Waals surface area contributed by atoms with Crippen LogP contribution in [0.1, 0.15) is 11.1 Å². The van der Waals surface area contributed by atoms with E-state index in [0.717, 1.165) is 16.6 Å². The number of nitrogens with zero attached hydrogens (tertiary/aromatic N) is 2. The quantitative estimate of drug-likeness (QED) is 0.706. The van der Waals surface area contributed by atoms with Crippen molar-refractivity contribution in [2.75, 3.05) is 6.61 Å². The molecule has 0 aliphatic rings. The van der Waals surface area contributed by atoms with Gasteiger partial charge in [-0.3, -0.25) is 4.79 Å². The summed E-state index contributed by atoms with van der Waals surface area (Å²) in [6, 6.07) is 12.8. The van der Waals surface area contributed by atoms with Gasteiger partial charge in [-0.1, -0.05) is 24.3 Å². The number of aromatic amines is 1. The number of nitrogens with one attached hydrogen (secondary N) is 1. The predicted octanol–water partition coefficient (Wildman–Crippen LogP) is 4.18. The Morgan fingerprint density at radius 3 is 2.75 bits per heavy atom. The number of fused-ring (bicyclic) bond motifs is 1. The average Bonchev–Trinajstić information content (AvgIpc) is 2.89. The summed E-state index contributed by atoms with van der Waals surface area (Å²) in [5.41, 5.74) is 3.21. The van der Waals surface area contributed by atoms with Gasteiger partial charge >= 0.3 is 5.91 Å². The lowest BCUT2D eigenvalue weighted by Gasteiger charge is -2.05. The molecule has 0 aliphatic carbocycles. The molecule has 122 valence electrons. The number of hydrogen-bond acceptors (Lipinski definition) is 4. The molecule has 1 amide bonds. The Balaban J connectivity index is 1.68. The molecule has 0 fully saturated rings. The number of aryl methyl sites for hydroxylation is 2. The Hall–Kier alpha value is -3.15. The second-order valence-corrected chi connectivity index (χ2v) is 5.50. The third-order valence-electron chi connectivity index (χ3n) is 3.76. The van der Waals surface area contributed by atoms with Gasteiger partial charge in [0.1, 0.15) is 5.75 Å². The number of rotatable bonds is 4. The summed E-state index contributed by atoms with van der Waals surface area (Å²) in [5, 5.41) is 18.0. The monoisotopic (exact) mass is 323 g/mol. The molecule has 2 aromatic carbocycles. The zero-order chi connectivity index (χ0) is 17.1. The summed E-state index contributed by atoms with van der Waals surface area (Å²) < 4.78 is 5.42. The van der Waals surface area contributed by atoms with Crippen LogP contribution in [0.15, 0.2) is 52.7 Å². The predicted molar refractivity (Wildman–Crippen MR) is 90.9 cm³/mol. The van der Waals surface area contributed by atoms with Gasteiger partial charge in [0.25, 0.3) is 0 Å². The molecule has 24 heavy (non-hydrogen) atoms. The maximum Gasteiger partial charge on any atom is 0.302 e. The Morgan fingerprint density at radius 1 is 1.17 bits per heavy atom. The Kier molecular flexibility index (Phi) is 4.29. The van der Waals surface area contributed by atoms with E-state index in [1.165, 1.54) is 0 Å². The lowest BCUT2D eigenvalue weighted by molar-refractivity contribution is -0.120. The number of amides is 1. The number of H-pyrrole nitrogens is 1. The van der Waals surface area contributed by atoms with Gasteiger partial charge in [-0.05, 0) is 43.2 Å². The lowest BCUT2D eigenvalue weighted by Crippen LogP contribution is -2.08. The SMILES string of the molecule is Cc1ccc(OCC(=O)N=Nc2c(O)[nH]c3ccccc23)cc1C. The fourth-order valence-electron chi connectivity index (χ4n) is 2.30. The van der Waals surface area contributed by atoms with Crippen LogP contribution in [0.3, 0.4) is 0 Å². The maximum absolute atomic E-state index is 11.8. The van der Waals surface area contributed by atoms with E-state index in [-0.39, 0.29) is 18.2 Å². The highest BCUT2D eigenvalue weighted by Crippen LogP contribution is 2.35. The molecule has 0 saturated heterocycles. The van der Waals surface area contributed by atoms with Crippen LogP contribution < -0.4 is 4.74 Å². The highest BCUT2D eigenvalue weighted by Gasteiger charge is 2.10. The van der Waals surface area contributed by atoms with Crippen molar-refractivity contribution in [2.45, 2.75) is 13.8 Å². The first-order chi connectivity index (χ1) is 11.5. The van der Waals surface area contributed by atoms with Crippen LogP contribution in [0.5, 0.6) is 11.6 Å². The Morgan fingerprint density at radius 2 is 1.96 bits per heavy atom. The molecule has 0 spiro atoms. The van der Waals surface area contributed by atoms with Crippen LogP contribution in [0.25, 0.3) is 10.9 Å². The summed E-state index contributed by atoms with van der Waals surface area (Å²) >= 11 is 0. The van der Waals surface area contributed by atoms with Gasteiger partial charge < -0.3 is 14.8 Å². The van der Waals surface area contributed by atoms with Crippen LogP contribution in [0.4, 0.5) is 5.69 Å². The summed E-state index contributed by atoms with van der Waals surface area (Å²) in [6.45, 7) is 3.77. The second kappa shape index (κ2) is 6.54. The van der Waals surface area contributed by atoms with E-state index >= 15 is 0 Å².